The Labute approximate surface area is 155 Å². The van der Waals surface area contributed by atoms with Crippen molar-refractivity contribution in [2.75, 3.05) is 13.2 Å². The molecule has 3 rings (SSSR count). The Morgan fingerprint density at radius 2 is 1.88 bits per heavy atom. The summed E-state index contributed by atoms with van der Waals surface area (Å²) >= 11 is 7.87. The van der Waals surface area contributed by atoms with Crippen LogP contribution >= 0.6 is 22.9 Å². The average molecular weight is 373 g/mol. The molecule has 0 saturated carbocycles. The summed E-state index contributed by atoms with van der Waals surface area (Å²) in [6.45, 7) is 2.52. The fourth-order valence-corrected chi connectivity index (χ4v) is 3.67. The minimum absolute atomic E-state index is 0.192. The number of ether oxygens (including phenoxy) is 2. The Hall–Kier alpha value is -2.30. The number of halogens is 1. The van der Waals surface area contributed by atoms with Gasteiger partial charge in [0, 0.05) is 21.0 Å². The minimum Gasteiger partial charge on any atom is -0.490 e. The maximum atomic E-state index is 11.8. The maximum absolute atomic E-state index is 11.8. The SMILES string of the molecule is Cc1ccc(OCCOC(=O)/C=C/c2sc3ccccc3c2Cl)cc1. The highest BCUT2D eigenvalue weighted by Gasteiger charge is 2.07. The molecule has 0 N–H and O–H groups in total. The summed E-state index contributed by atoms with van der Waals surface area (Å²) < 4.78 is 11.7. The van der Waals surface area contributed by atoms with Crippen LogP contribution in [0.4, 0.5) is 0 Å². The van der Waals surface area contributed by atoms with Crippen molar-refractivity contribution in [3.05, 3.63) is 70.1 Å². The van der Waals surface area contributed by atoms with E-state index < -0.39 is 5.97 Å². The van der Waals surface area contributed by atoms with E-state index >= 15 is 0 Å². The number of carbonyl (C=O) groups is 1. The van der Waals surface area contributed by atoms with E-state index in [1.807, 2.05) is 55.5 Å². The summed E-state index contributed by atoms with van der Waals surface area (Å²) in [5, 5.41) is 1.65. The molecule has 0 aliphatic carbocycles. The molecule has 2 aromatic carbocycles. The van der Waals surface area contributed by atoms with Crippen LogP contribution in [0.2, 0.25) is 5.02 Å². The summed E-state index contributed by atoms with van der Waals surface area (Å²) in [6, 6.07) is 15.6. The largest absolute Gasteiger partial charge is 0.490 e. The molecule has 0 radical (unpaired) electrons. The van der Waals surface area contributed by atoms with Gasteiger partial charge in [-0.1, -0.05) is 47.5 Å². The number of fused-ring (bicyclic) bond motifs is 1. The van der Waals surface area contributed by atoms with Gasteiger partial charge in [0.05, 0.1) is 5.02 Å². The highest BCUT2D eigenvalue weighted by atomic mass is 35.5. The monoisotopic (exact) mass is 372 g/mol. The topological polar surface area (TPSA) is 35.5 Å². The molecule has 5 heteroatoms. The second-order valence-corrected chi connectivity index (χ2v) is 6.90. The van der Waals surface area contributed by atoms with E-state index in [1.165, 1.54) is 11.6 Å². The van der Waals surface area contributed by atoms with Gasteiger partial charge in [0.1, 0.15) is 19.0 Å². The first kappa shape index (κ1) is 17.5. The first-order valence-corrected chi connectivity index (χ1v) is 9.04. The molecule has 3 aromatic rings. The van der Waals surface area contributed by atoms with Crippen molar-refractivity contribution in [1.29, 1.82) is 0 Å². The Balaban J connectivity index is 1.49. The number of aryl methyl sites for hydroxylation is 1. The van der Waals surface area contributed by atoms with Gasteiger partial charge in [-0.05, 0) is 31.2 Å². The van der Waals surface area contributed by atoms with Crippen LogP contribution in [0.25, 0.3) is 16.2 Å². The normalized spacial score (nSPS) is 11.1. The maximum Gasteiger partial charge on any atom is 0.330 e. The van der Waals surface area contributed by atoms with Crippen LogP contribution in [-0.2, 0) is 9.53 Å². The number of hydrogen-bond acceptors (Lipinski definition) is 4. The lowest BCUT2D eigenvalue weighted by Crippen LogP contribution is -2.10. The minimum atomic E-state index is -0.416. The molecule has 1 aromatic heterocycles. The Bertz CT molecular complexity index is 897. The molecule has 3 nitrogen and oxygen atoms in total. The van der Waals surface area contributed by atoms with Gasteiger partial charge < -0.3 is 9.47 Å². The van der Waals surface area contributed by atoms with Crippen molar-refractivity contribution in [2.45, 2.75) is 6.92 Å². The van der Waals surface area contributed by atoms with Crippen LogP contribution in [0.1, 0.15) is 10.4 Å². The van der Waals surface area contributed by atoms with E-state index in [0.717, 1.165) is 20.7 Å². The lowest BCUT2D eigenvalue weighted by atomic mass is 10.2. The quantitative estimate of drug-likeness (QED) is 0.325. The van der Waals surface area contributed by atoms with Crippen LogP contribution < -0.4 is 4.74 Å². The van der Waals surface area contributed by atoms with E-state index in [2.05, 4.69) is 0 Å². The van der Waals surface area contributed by atoms with Gasteiger partial charge >= 0.3 is 5.97 Å². The molecule has 0 amide bonds. The van der Waals surface area contributed by atoms with Crippen molar-refractivity contribution in [3.8, 4) is 5.75 Å². The van der Waals surface area contributed by atoms with Gasteiger partial charge in [-0.25, -0.2) is 4.79 Å². The number of rotatable bonds is 6. The Morgan fingerprint density at radius 3 is 2.64 bits per heavy atom. The van der Waals surface area contributed by atoms with E-state index in [1.54, 1.807) is 17.4 Å². The lowest BCUT2D eigenvalue weighted by molar-refractivity contribution is -0.138. The van der Waals surface area contributed by atoms with Crippen LogP contribution in [0.5, 0.6) is 5.75 Å². The molecule has 0 fully saturated rings. The van der Waals surface area contributed by atoms with Gasteiger partial charge in [-0.15, -0.1) is 11.3 Å². The van der Waals surface area contributed by atoms with E-state index in [-0.39, 0.29) is 6.61 Å². The van der Waals surface area contributed by atoms with E-state index in [4.69, 9.17) is 21.1 Å². The van der Waals surface area contributed by atoms with Crippen LogP contribution in [-0.4, -0.2) is 19.2 Å². The number of hydrogen-bond donors (Lipinski definition) is 0. The van der Waals surface area contributed by atoms with Gasteiger partial charge in [0.15, 0.2) is 0 Å². The van der Waals surface area contributed by atoms with Gasteiger partial charge in [-0.2, -0.15) is 0 Å². The summed E-state index contributed by atoms with van der Waals surface area (Å²) in [7, 11) is 0. The molecule has 128 valence electrons. The molecule has 25 heavy (non-hydrogen) atoms. The second kappa shape index (κ2) is 8.19. The fourth-order valence-electron chi connectivity index (χ4n) is 2.27. The van der Waals surface area contributed by atoms with E-state index in [9.17, 15) is 4.79 Å². The number of esters is 1. The van der Waals surface area contributed by atoms with Gasteiger partial charge in [0.25, 0.3) is 0 Å². The van der Waals surface area contributed by atoms with Crippen molar-refractivity contribution in [2.24, 2.45) is 0 Å². The molecular weight excluding hydrogens is 356 g/mol. The molecule has 0 aliphatic heterocycles. The van der Waals surface area contributed by atoms with Crippen LogP contribution in [0.15, 0.2) is 54.6 Å². The fraction of sp³-hybridized carbons (Fsp3) is 0.150. The molecule has 0 bridgehead atoms. The first-order chi connectivity index (χ1) is 12.1. The zero-order valence-corrected chi connectivity index (χ0v) is 15.3. The van der Waals surface area contributed by atoms with Crippen LogP contribution in [0, 0.1) is 6.92 Å². The average Bonchev–Trinajstić information content (AvgIpc) is 2.95. The standard InChI is InChI=1S/C20H17ClO3S/c1-14-6-8-15(9-7-14)23-12-13-24-19(22)11-10-18-20(21)16-4-2-3-5-17(16)25-18/h2-11H,12-13H2,1H3/b11-10+. The number of benzene rings is 2. The Kier molecular flexibility index (Phi) is 5.74. The summed E-state index contributed by atoms with van der Waals surface area (Å²) in [5.41, 5.74) is 1.17. The second-order valence-electron chi connectivity index (χ2n) is 5.44. The van der Waals surface area contributed by atoms with Crippen molar-refractivity contribution < 1.29 is 14.3 Å². The third-order valence-electron chi connectivity index (χ3n) is 3.55. The molecule has 0 spiro atoms. The highest BCUT2D eigenvalue weighted by molar-refractivity contribution is 7.20. The summed E-state index contributed by atoms with van der Waals surface area (Å²) in [5.74, 6) is 0.343. The molecular formula is C20H17ClO3S. The van der Waals surface area contributed by atoms with Crippen molar-refractivity contribution in [3.63, 3.8) is 0 Å². The first-order valence-electron chi connectivity index (χ1n) is 7.85. The predicted octanol–water partition coefficient (Wildman–Crippen LogP) is 5.50. The molecule has 0 unspecified atom stereocenters. The molecule has 0 aliphatic rings. The van der Waals surface area contributed by atoms with Crippen molar-refractivity contribution >= 4 is 45.1 Å². The summed E-state index contributed by atoms with van der Waals surface area (Å²) in [6.07, 6.45) is 3.08. The molecule has 1 heterocycles. The van der Waals surface area contributed by atoms with E-state index in [0.29, 0.717) is 11.6 Å². The predicted molar refractivity (Wildman–Crippen MR) is 104 cm³/mol. The zero-order chi connectivity index (χ0) is 17.6. The Morgan fingerprint density at radius 1 is 1.12 bits per heavy atom. The van der Waals surface area contributed by atoms with Crippen molar-refractivity contribution in [1.82, 2.24) is 0 Å². The number of thiophene rings is 1. The number of carbonyl (C=O) groups excluding carboxylic acids is 1. The van der Waals surface area contributed by atoms with Gasteiger partial charge in [-0.3, -0.25) is 0 Å². The highest BCUT2D eigenvalue weighted by Crippen LogP contribution is 2.35. The summed E-state index contributed by atoms with van der Waals surface area (Å²) in [4.78, 5) is 12.6. The van der Waals surface area contributed by atoms with Gasteiger partial charge in [0.2, 0.25) is 0 Å². The smallest absolute Gasteiger partial charge is 0.330 e. The third kappa shape index (κ3) is 4.62. The van der Waals surface area contributed by atoms with Crippen LogP contribution in [0.3, 0.4) is 0 Å². The third-order valence-corrected chi connectivity index (χ3v) is 5.20. The molecule has 0 saturated heterocycles. The lowest BCUT2D eigenvalue weighted by Gasteiger charge is -2.06. The zero-order valence-electron chi connectivity index (χ0n) is 13.7. The molecule has 0 atom stereocenters.